The Kier molecular flexibility index (Phi) is 10.9. The Bertz CT molecular complexity index is 488. The summed E-state index contributed by atoms with van der Waals surface area (Å²) in [5, 5.41) is 4.66. The zero-order valence-corrected chi connectivity index (χ0v) is 15.0. The van der Waals surface area contributed by atoms with Crippen molar-refractivity contribution in [3.63, 3.8) is 0 Å². The highest BCUT2D eigenvalue weighted by atomic mass is 16.6. The molecule has 2 unspecified atom stereocenters. The van der Waals surface area contributed by atoms with E-state index in [0.29, 0.717) is 0 Å². The summed E-state index contributed by atoms with van der Waals surface area (Å²) in [5.74, 6) is -1.26. The summed E-state index contributed by atoms with van der Waals surface area (Å²) in [6, 6.07) is 0. The highest BCUT2D eigenvalue weighted by molar-refractivity contribution is 5.81. The lowest BCUT2D eigenvalue weighted by molar-refractivity contribution is -0.144. The van der Waals surface area contributed by atoms with Crippen LogP contribution in [0.25, 0.3) is 0 Å². The smallest absolute Gasteiger partial charge is 0.408 e. The van der Waals surface area contributed by atoms with Gasteiger partial charge in [0, 0.05) is 12.2 Å². The lowest BCUT2D eigenvalue weighted by Crippen LogP contribution is -2.47. The van der Waals surface area contributed by atoms with Gasteiger partial charge in [-0.1, -0.05) is 13.2 Å². The number of hydrogen-bond donors (Lipinski definition) is 2. The van der Waals surface area contributed by atoms with E-state index in [-0.39, 0.29) is 13.2 Å². The molecule has 10 heteroatoms. The first kappa shape index (κ1) is 23.0. The molecule has 0 aliphatic rings. The molecule has 0 aliphatic carbocycles. The second kappa shape index (κ2) is 12.3. The second-order valence-corrected chi connectivity index (χ2v) is 5.11. The number of carbonyl (C=O) groups is 4. The summed E-state index contributed by atoms with van der Waals surface area (Å²) in [6.45, 7) is 10.7. The van der Waals surface area contributed by atoms with Gasteiger partial charge in [-0.2, -0.15) is 0 Å². The van der Waals surface area contributed by atoms with Gasteiger partial charge >= 0.3 is 24.1 Å². The summed E-state index contributed by atoms with van der Waals surface area (Å²) in [5.41, 5.74) is 0. The molecule has 10 nitrogen and oxygen atoms in total. The van der Waals surface area contributed by atoms with E-state index in [9.17, 15) is 19.2 Å². The molecular weight excluding hydrogens is 348 g/mol. The minimum Gasteiger partial charge on any atom is -0.456 e. The molecule has 0 radical (unpaired) electrons. The van der Waals surface area contributed by atoms with E-state index >= 15 is 0 Å². The summed E-state index contributed by atoms with van der Waals surface area (Å²) in [4.78, 5) is 45.0. The fourth-order valence-electron chi connectivity index (χ4n) is 1.42. The first-order valence-electron chi connectivity index (χ1n) is 7.70. The molecule has 0 spiro atoms. The second-order valence-electron chi connectivity index (χ2n) is 5.11. The molecule has 0 saturated carbocycles. The van der Waals surface area contributed by atoms with Gasteiger partial charge in [0.1, 0.15) is 31.6 Å². The Morgan fingerprint density at radius 3 is 1.46 bits per heavy atom. The number of ether oxygens (including phenoxy) is 4. The predicted molar refractivity (Wildman–Crippen MR) is 89.9 cm³/mol. The number of esters is 2. The third-order valence-electron chi connectivity index (χ3n) is 2.53. The van der Waals surface area contributed by atoms with Crippen LogP contribution in [0.4, 0.5) is 9.59 Å². The zero-order valence-electron chi connectivity index (χ0n) is 15.0. The molecule has 2 amide bonds. The van der Waals surface area contributed by atoms with Crippen molar-refractivity contribution in [2.75, 3.05) is 13.2 Å². The maximum Gasteiger partial charge on any atom is 0.408 e. The van der Waals surface area contributed by atoms with Gasteiger partial charge in [0.2, 0.25) is 0 Å². The Balaban J connectivity index is 4.02. The topological polar surface area (TPSA) is 129 Å². The monoisotopic (exact) mass is 372 g/mol. The fourth-order valence-corrected chi connectivity index (χ4v) is 1.42. The molecule has 0 heterocycles. The summed E-state index contributed by atoms with van der Waals surface area (Å²) >= 11 is 0. The Morgan fingerprint density at radius 1 is 0.808 bits per heavy atom. The third-order valence-corrected chi connectivity index (χ3v) is 2.53. The van der Waals surface area contributed by atoms with Crippen molar-refractivity contribution in [2.24, 2.45) is 0 Å². The molecule has 0 fully saturated rings. The van der Waals surface area contributed by atoms with Crippen LogP contribution in [0, 0.1) is 0 Å². The van der Waals surface area contributed by atoms with Crippen molar-refractivity contribution < 1.29 is 38.1 Å². The van der Waals surface area contributed by atoms with E-state index in [0.717, 1.165) is 12.2 Å². The third kappa shape index (κ3) is 11.5. The van der Waals surface area contributed by atoms with Gasteiger partial charge in [-0.3, -0.25) is 0 Å². The molecule has 26 heavy (non-hydrogen) atoms. The Hall–Kier alpha value is -3.04. The van der Waals surface area contributed by atoms with Crippen molar-refractivity contribution in [3.05, 3.63) is 25.3 Å². The Morgan fingerprint density at radius 2 is 1.15 bits per heavy atom. The molecular formula is C16H24N2O8. The lowest BCUT2D eigenvalue weighted by Gasteiger charge is -2.18. The number of hydrogen-bond acceptors (Lipinski definition) is 8. The van der Waals surface area contributed by atoms with Crippen LogP contribution in [0.5, 0.6) is 0 Å². The van der Waals surface area contributed by atoms with Crippen molar-refractivity contribution in [1.29, 1.82) is 0 Å². The van der Waals surface area contributed by atoms with Crippen LogP contribution in [-0.4, -0.2) is 55.7 Å². The van der Waals surface area contributed by atoms with Crippen LogP contribution >= 0.6 is 0 Å². The van der Waals surface area contributed by atoms with Crippen LogP contribution in [0.1, 0.15) is 20.8 Å². The van der Waals surface area contributed by atoms with E-state index in [1.807, 2.05) is 0 Å². The van der Waals surface area contributed by atoms with Crippen LogP contribution in [-0.2, 0) is 28.5 Å². The average Bonchev–Trinajstić information content (AvgIpc) is 2.57. The lowest BCUT2D eigenvalue weighted by atomic mass is 10.4. The van der Waals surface area contributed by atoms with Gasteiger partial charge in [-0.15, -0.1) is 0 Å². The molecule has 0 aromatic heterocycles. The normalized spacial score (nSPS) is 13.2. The highest BCUT2D eigenvalue weighted by Gasteiger charge is 2.15. The number of amides is 2. The minimum atomic E-state index is -0.826. The minimum absolute atomic E-state index is 0.172. The van der Waals surface area contributed by atoms with E-state index in [1.54, 1.807) is 0 Å². The van der Waals surface area contributed by atoms with Gasteiger partial charge in [-0.25, -0.2) is 19.2 Å². The molecule has 0 aromatic carbocycles. The molecule has 0 aliphatic heterocycles. The van der Waals surface area contributed by atoms with Crippen molar-refractivity contribution in [2.45, 2.75) is 39.1 Å². The Labute approximate surface area is 151 Å². The molecule has 0 bridgehead atoms. The quantitative estimate of drug-likeness (QED) is 0.252. The van der Waals surface area contributed by atoms with Crippen molar-refractivity contribution in [1.82, 2.24) is 10.6 Å². The number of alkyl carbamates (subject to hydrolysis) is 2. The van der Waals surface area contributed by atoms with E-state index in [2.05, 4.69) is 23.8 Å². The van der Waals surface area contributed by atoms with Gasteiger partial charge in [0.25, 0.3) is 0 Å². The molecule has 2 N–H and O–H groups in total. The molecule has 0 saturated heterocycles. The van der Waals surface area contributed by atoms with Gasteiger partial charge in [-0.05, 0) is 20.8 Å². The largest absolute Gasteiger partial charge is 0.456 e. The average molecular weight is 372 g/mol. The van der Waals surface area contributed by atoms with Crippen LogP contribution in [0.2, 0.25) is 0 Å². The summed E-state index contributed by atoms with van der Waals surface area (Å²) < 4.78 is 19.3. The predicted octanol–water partition coefficient (Wildman–Crippen LogP) is 1.02. The van der Waals surface area contributed by atoms with Gasteiger partial charge in [0.05, 0.1) is 0 Å². The van der Waals surface area contributed by atoms with Gasteiger partial charge in [0.15, 0.2) is 0 Å². The van der Waals surface area contributed by atoms with Crippen molar-refractivity contribution in [3.8, 4) is 0 Å². The standard InChI is InChI=1S/C16H24N2O8/c1-6-13(19)25-10(3)8-23-15(21)17-12(5)18-16(22)24-9-11(4)26-14(20)7-2/h6-7,10-12H,1-2,8-9H2,3-5H3,(H,17,21)(H,18,22). The summed E-state index contributed by atoms with van der Waals surface area (Å²) in [6.07, 6.45) is -1.77. The van der Waals surface area contributed by atoms with Crippen LogP contribution in [0.3, 0.4) is 0 Å². The first-order valence-corrected chi connectivity index (χ1v) is 7.70. The highest BCUT2D eigenvalue weighted by Crippen LogP contribution is 1.96. The van der Waals surface area contributed by atoms with E-state index in [4.69, 9.17) is 18.9 Å². The molecule has 146 valence electrons. The molecule has 2 atom stereocenters. The maximum atomic E-state index is 11.6. The number of rotatable bonds is 10. The number of carbonyl (C=O) groups excluding carboxylic acids is 4. The maximum absolute atomic E-state index is 11.6. The zero-order chi connectivity index (χ0) is 20.1. The van der Waals surface area contributed by atoms with Crippen LogP contribution < -0.4 is 10.6 Å². The SMILES string of the molecule is C=CC(=O)OC(C)COC(=O)NC(C)NC(=O)OCC(C)OC(=O)C=C. The fraction of sp³-hybridized carbons (Fsp3) is 0.500. The van der Waals surface area contributed by atoms with Gasteiger partial charge < -0.3 is 29.6 Å². The number of nitrogens with one attached hydrogen (secondary N) is 2. The van der Waals surface area contributed by atoms with Crippen LogP contribution in [0.15, 0.2) is 25.3 Å². The summed E-state index contributed by atoms with van der Waals surface area (Å²) in [7, 11) is 0. The van der Waals surface area contributed by atoms with E-state index < -0.39 is 42.5 Å². The molecule has 0 aromatic rings. The first-order chi connectivity index (χ1) is 12.2. The molecule has 0 rings (SSSR count). The van der Waals surface area contributed by atoms with E-state index in [1.165, 1.54) is 20.8 Å². The van der Waals surface area contributed by atoms with Crippen molar-refractivity contribution >= 4 is 24.1 Å².